The lowest BCUT2D eigenvalue weighted by Crippen LogP contribution is -2.33. The van der Waals surface area contributed by atoms with Gasteiger partial charge in [-0.25, -0.2) is 0 Å². The fourth-order valence-electron chi connectivity index (χ4n) is 1.64. The molecule has 3 heteroatoms. The fraction of sp³-hybridized carbons (Fsp3) is 0.889. The molecule has 1 heterocycles. The Hall–Kier alpha value is -0.0500. The van der Waals surface area contributed by atoms with Crippen LogP contribution >= 0.6 is 15.9 Å². The molecule has 2 unspecified atom stereocenters. The number of hydrazone groups is 1. The van der Waals surface area contributed by atoms with Crippen molar-refractivity contribution in [1.29, 1.82) is 0 Å². The summed E-state index contributed by atoms with van der Waals surface area (Å²) in [6, 6.07) is 0.532. The molecular formula is C9H17BrN2. The van der Waals surface area contributed by atoms with E-state index in [9.17, 15) is 0 Å². The highest BCUT2D eigenvalue weighted by Crippen LogP contribution is 2.22. The SMILES string of the molecule is CC(C)C1NN=CC1C[C@@H](C)Br. The molecule has 0 aliphatic carbocycles. The van der Waals surface area contributed by atoms with Gasteiger partial charge >= 0.3 is 0 Å². The van der Waals surface area contributed by atoms with Crippen molar-refractivity contribution in [3.05, 3.63) is 0 Å². The summed E-state index contributed by atoms with van der Waals surface area (Å²) in [5, 5.41) is 4.12. The van der Waals surface area contributed by atoms with Crippen LogP contribution in [-0.4, -0.2) is 17.1 Å². The topological polar surface area (TPSA) is 24.4 Å². The van der Waals surface area contributed by atoms with Crippen LogP contribution in [0.1, 0.15) is 27.2 Å². The second-order valence-corrected chi connectivity index (χ2v) is 5.42. The Morgan fingerprint density at radius 3 is 2.67 bits per heavy atom. The Morgan fingerprint density at radius 2 is 2.17 bits per heavy atom. The summed E-state index contributed by atoms with van der Waals surface area (Å²) in [7, 11) is 0. The average molecular weight is 233 g/mol. The molecule has 2 nitrogen and oxygen atoms in total. The van der Waals surface area contributed by atoms with Gasteiger partial charge in [0.1, 0.15) is 0 Å². The number of nitrogens with zero attached hydrogens (tertiary/aromatic N) is 1. The van der Waals surface area contributed by atoms with Gasteiger partial charge in [0.05, 0.1) is 6.04 Å². The highest BCUT2D eigenvalue weighted by molar-refractivity contribution is 9.09. The lowest BCUT2D eigenvalue weighted by molar-refractivity contribution is 0.360. The number of halogens is 1. The van der Waals surface area contributed by atoms with E-state index in [0.29, 0.717) is 22.7 Å². The first kappa shape index (κ1) is 10.0. The number of nitrogens with one attached hydrogen (secondary N) is 1. The van der Waals surface area contributed by atoms with Crippen molar-refractivity contribution in [2.45, 2.75) is 38.1 Å². The molecule has 0 saturated carbocycles. The zero-order valence-corrected chi connectivity index (χ0v) is 9.51. The first-order valence-corrected chi connectivity index (χ1v) is 5.45. The Bertz CT molecular complexity index is 166. The molecule has 0 amide bonds. The lowest BCUT2D eigenvalue weighted by Gasteiger charge is -2.22. The van der Waals surface area contributed by atoms with Crippen LogP contribution in [0, 0.1) is 11.8 Å². The molecule has 0 spiro atoms. The van der Waals surface area contributed by atoms with Crippen molar-refractivity contribution in [3.8, 4) is 0 Å². The number of hydrogen-bond acceptors (Lipinski definition) is 2. The molecule has 12 heavy (non-hydrogen) atoms. The zero-order chi connectivity index (χ0) is 9.14. The monoisotopic (exact) mass is 232 g/mol. The molecular weight excluding hydrogens is 216 g/mol. The smallest absolute Gasteiger partial charge is 0.0541 e. The van der Waals surface area contributed by atoms with E-state index in [4.69, 9.17) is 0 Å². The van der Waals surface area contributed by atoms with Crippen molar-refractivity contribution < 1.29 is 0 Å². The number of rotatable bonds is 3. The molecule has 1 N–H and O–H groups in total. The maximum absolute atomic E-state index is 4.12. The number of alkyl halides is 1. The molecule has 0 radical (unpaired) electrons. The molecule has 1 aliphatic heterocycles. The van der Waals surface area contributed by atoms with Crippen LogP contribution in [0.25, 0.3) is 0 Å². The van der Waals surface area contributed by atoms with Crippen molar-refractivity contribution in [3.63, 3.8) is 0 Å². The molecule has 0 aromatic carbocycles. The molecule has 70 valence electrons. The van der Waals surface area contributed by atoms with Crippen LogP contribution in [0.4, 0.5) is 0 Å². The Labute approximate surface area is 82.9 Å². The maximum Gasteiger partial charge on any atom is 0.0541 e. The Morgan fingerprint density at radius 1 is 1.50 bits per heavy atom. The van der Waals surface area contributed by atoms with E-state index in [-0.39, 0.29) is 0 Å². The van der Waals surface area contributed by atoms with Crippen LogP contribution in [0.2, 0.25) is 0 Å². The first-order valence-electron chi connectivity index (χ1n) is 4.54. The standard InChI is InChI=1S/C9H17BrN2/c1-6(2)9-8(4-7(3)10)5-11-12-9/h5-9,12H,4H2,1-3H3/t7-,8?,9?/m1/s1. The molecule has 3 atom stereocenters. The third-order valence-electron chi connectivity index (χ3n) is 2.27. The van der Waals surface area contributed by atoms with Crippen molar-refractivity contribution in [2.24, 2.45) is 16.9 Å². The Balaban J connectivity index is 2.45. The molecule has 0 bridgehead atoms. The summed E-state index contributed by atoms with van der Waals surface area (Å²) in [4.78, 5) is 0.579. The molecule has 0 fully saturated rings. The summed E-state index contributed by atoms with van der Waals surface area (Å²) in [6.45, 7) is 6.65. The van der Waals surface area contributed by atoms with Crippen LogP contribution in [-0.2, 0) is 0 Å². The maximum atomic E-state index is 4.12. The normalized spacial score (nSPS) is 30.8. The summed E-state index contributed by atoms with van der Waals surface area (Å²) in [5.74, 6) is 1.25. The van der Waals surface area contributed by atoms with Gasteiger partial charge in [-0.3, -0.25) is 0 Å². The summed E-state index contributed by atoms with van der Waals surface area (Å²) in [5.41, 5.74) is 3.16. The second kappa shape index (κ2) is 4.26. The largest absolute Gasteiger partial charge is 0.306 e. The van der Waals surface area contributed by atoms with Gasteiger partial charge in [0.25, 0.3) is 0 Å². The van der Waals surface area contributed by atoms with Crippen molar-refractivity contribution in [1.82, 2.24) is 5.43 Å². The van der Waals surface area contributed by atoms with Crippen molar-refractivity contribution >= 4 is 22.1 Å². The third kappa shape index (κ3) is 2.47. The lowest BCUT2D eigenvalue weighted by atomic mass is 9.89. The van der Waals surface area contributed by atoms with Crippen LogP contribution in [0.5, 0.6) is 0 Å². The second-order valence-electron chi connectivity index (χ2n) is 3.86. The molecule has 1 aliphatic rings. The van der Waals surface area contributed by atoms with E-state index < -0.39 is 0 Å². The van der Waals surface area contributed by atoms with Crippen molar-refractivity contribution in [2.75, 3.05) is 0 Å². The minimum absolute atomic E-state index is 0.532. The van der Waals surface area contributed by atoms with Gasteiger partial charge in [0.15, 0.2) is 0 Å². The highest BCUT2D eigenvalue weighted by Gasteiger charge is 2.27. The van der Waals surface area contributed by atoms with Gasteiger partial charge < -0.3 is 5.43 Å². The van der Waals surface area contributed by atoms with Gasteiger partial charge in [-0.2, -0.15) is 5.10 Å². The van der Waals surface area contributed by atoms with Gasteiger partial charge in [-0.05, 0) is 12.3 Å². The van der Waals surface area contributed by atoms with E-state index in [0.717, 1.165) is 0 Å². The van der Waals surface area contributed by atoms with Gasteiger partial charge in [0.2, 0.25) is 0 Å². The number of hydrogen-bond donors (Lipinski definition) is 1. The molecule has 0 saturated heterocycles. The predicted molar refractivity (Wildman–Crippen MR) is 56.7 cm³/mol. The Kier molecular flexibility index (Phi) is 3.56. The van der Waals surface area contributed by atoms with Crippen LogP contribution in [0.3, 0.4) is 0 Å². The summed E-state index contributed by atoms with van der Waals surface area (Å²) < 4.78 is 0. The summed E-state index contributed by atoms with van der Waals surface area (Å²) in [6.07, 6.45) is 3.21. The summed E-state index contributed by atoms with van der Waals surface area (Å²) >= 11 is 3.57. The quantitative estimate of drug-likeness (QED) is 0.743. The molecule has 0 aromatic heterocycles. The van der Waals surface area contributed by atoms with E-state index in [2.05, 4.69) is 47.2 Å². The van der Waals surface area contributed by atoms with E-state index in [1.54, 1.807) is 0 Å². The minimum atomic E-state index is 0.532. The van der Waals surface area contributed by atoms with E-state index in [1.165, 1.54) is 6.42 Å². The molecule has 0 aromatic rings. The fourth-order valence-corrected chi connectivity index (χ4v) is 2.07. The van der Waals surface area contributed by atoms with Gasteiger partial charge in [-0.15, -0.1) is 0 Å². The van der Waals surface area contributed by atoms with Gasteiger partial charge in [-0.1, -0.05) is 36.7 Å². The highest BCUT2D eigenvalue weighted by atomic mass is 79.9. The van der Waals surface area contributed by atoms with Crippen LogP contribution < -0.4 is 5.43 Å². The average Bonchev–Trinajstić information content (AvgIpc) is 2.33. The zero-order valence-electron chi connectivity index (χ0n) is 7.92. The van der Waals surface area contributed by atoms with E-state index in [1.807, 2.05) is 6.21 Å². The van der Waals surface area contributed by atoms with Crippen LogP contribution in [0.15, 0.2) is 5.10 Å². The minimum Gasteiger partial charge on any atom is -0.306 e. The molecule has 1 rings (SSSR count). The van der Waals surface area contributed by atoms with Gasteiger partial charge in [0, 0.05) is 17.0 Å². The third-order valence-corrected chi connectivity index (χ3v) is 2.64. The predicted octanol–water partition coefficient (Wildman–Crippen LogP) is 2.39. The van der Waals surface area contributed by atoms with E-state index >= 15 is 0 Å². The first-order chi connectivity index (χ1) is 5.61.